The van der Waals surface area contributed by atoms with E-state index >= 15 is 0 Å². The van der Waals surface area contributed by atoms with Crippen molar-refractivity contribution in [3.05, 3.63) is 65.2 Å². The molecule has 2 aromatic carbocycles. The minimum atomic E-state index is -4.48. The topological polar surface area (TPSA) is 38.3 Å². The van der Waals surface area contributed by atoms with Crippen LogP contribution < -0.4 is 5.32 Å². The molecule has 1 N–H and O–H groups in total. The molecule has 1 unspecified atom stereocenters. The molecule has 0 saturated carbocycles. The molecule has 0 fully saturated rings. The van der Waals surface area contributed by atoms with Crippen LogP contribution in [-0.4, -0.2) is 13.0 Å². The molecule has 0 saturated heterocycles. The second-order valence-electron chi connectivity index (χ2n) is 5.58. The number of methoxy groups -OCH3 is 1. The average molecular weight is 337 g/mol. The highest BCUT2D eigenvalue weighted by Gasteiger charge is 2.36. The zero-order valence-corrected chi connectivity index (χ0v) is 13.6. The Balaban J connectivity index is 2.32. The van der Waals surface area contributed by atoms with Crippen molar-refractivity contribution in [2.45, 2.75) is 25.6 Å². The van der Waals surface area contributed by atoms with Gasteiger partial charge >= 0.3 is 6.18 Å². The summed E-state index contributed by atoms with van der Waals surface area (Å²) in [5.41, 5.74) is -1.33. The van der Waals surface area contributed by atoms with Crippen molar-refractivity contribution in [3.8, 4) is 0 Å². The second-order valence-corrected chi connectivity index (χ2v) is 5.58. The van der Waals surface area contributed by atoms with E-state index in [1.807, 2.05) is 0 Å². The van der Waals surface area contributed by atoms with Gasteiger partial charge in [0.2, 0.25) is 0 Å². The van der Waals surface area contributed by atoms with E-state index in [4.69, 9.17) is 4.74 Å². The predicted octanol–water partition coefficient (Wildman–Crippen LogP) is 4.51. The van der Waals surface area contributed by atoms with Crippen LogP contribution in [0.25, 0.3) is 0 Å². The third-order valence-electron chi connectivity index (χ3n) is 3.97. The molecule has 0 aromatic heterocycles. The van der Waals surface area contributed by atoms with Crippen molar-refractivity contribution in [1.29, 1.82) is 0 Å². The van der Waals surface area contributed by atoms with Gasteiger partial charge in [0.25, 0.3) is 5.91 Å². The fourth-order valence-electron chi connectivity index (χ4n) is 2.35. The number of carbonyl (C=O) groups excluding carboxylic acids is 1. The van der Waals surface area contributed by atoms with Gasteiger partial charge in [0, 0.05) is 12.8 Å². The summed E-state index contributed by atoms with van der Waals surface area (Å²) in [5, 5.41) is 2.51. The molecule has 2 rings (SSSR count). The molecule has 0 aliphatic rings. The molecule has 3 nitrogen and oxygen atoms in total. The van der Waals surface area contributed by atoms with E-state index in [1.165, 1.54) is 26.2 Å². The third kappa shape index (κ3) is 3.59. The van der Waals surface area contributed by atoms with Gasteiger partial charge in [-0.3, -0.25) is 4.79 Å². The molecule has 0 heterocycles. The van der Waals surface area contributed by atoms with E-state index in [-0.39, 0.29) is 11.3 Å². The summed E-state index contributed by atoms with van der Waals surface area (Å²) in [4.78, 5) is 12.6. The Morgan fingerprint density at radius 3 is 2.25 bits per heavy atom. The highest BCUT2D eigenvalue weighted by Crippen LogP contribution is 2.34. The van der Waals surface area contributed by atoms with E-state index in [1.54, 1.807) is 37.3 Å². The minimum Gasteiger partial charge on any atom is -0.364 e. The molecular weight excluding hydrogens is 319 g/mol. The van der Waals surface area contributed by atoms with Crippen molar-refractivity contribution < 1.29 is 22.7 Å². The Morgan fingerprint density at radius 2 is 1.71 bits per heavy atom. The number of hydrogen-bond acceptors (Lipinski definition) is 2. The maximum atomic E-state index is 13.0. The zero-order valence-electron chi connectivity index (χ0n) is 13.6. The summed E-state index contributed by atoms with van der Waals surface area (Å²) >= 11 is 0. The van der Waals surface area contributed by atoms with Gasteiger partial charge < -0.3 is 10.1 Å². The number of nitrogens with one attached hydrogen (secondary N) is 1. The normalized spacial score (nSPS) is 14.1. The molecule has 1 atom stereocenters. The molecule has 0 aliphatic heterocycles. The van der Waals surface area contributed by atoms with Crippen LogP contribution in [0, 0.1) is 6.92 Å². The Labute approximate surface area is 138 Å². The quantitative estimate of drug-likeness (QED) is 0.891. The molecular formula is C18H18F3NO2. The van der Waals surface area contributed by atoms with Crippen LogP contribution in [-0.2, 0) is 21.3 Å². The van der Waals surface area contributed by atoms with Crippen LogP contribution in [0.2, 0.25) is 0 Å². The largest absolute Gasteiger partial charge is 0.416 e. The number of halogens is 3. The Kier molecular flexibility index (Phi) is 4.99. The predicted molar refractivity (Wildman–Crippen MR) is 85.6 cm³/mol. The van der Waals surface area contributed by atoms with Crippen LogP contribution in [0.5, 0.6) is 0 Å². The zero-order chi connectivity index (χ0) is 18.0. The van der Waals surface area contributed by atoms with E-state index < -0.39 is 23.2 Å². The SMILES string of the molecule is COC(C)(C(=O)Nc1ccc(C)c(C(F)(F)F)c1)c1ccccc1. The van der Waals surface area contributed by atoms with Gasteiger partial charge in [-0.15, -0.1) is 0 Å². The number of aryl methyl sites for hydroxylation is 1. The van der Waals surface area contributed by atoms with Gasteiger partial charge in [-0.2, -0.15) is 13.2 Å². The first-order valence-corrected chi connectivity index (χ1v) is 7.28. The van der Waals surface area contributed by atoms with E-state index in [0.29, 0.717) is 5.56 Å². The Hall–Kier alpha value is -2.34. The summed E-state index contributed by atoms with van der Waals surface area (Å²) in [6.07, 6.45) is -4.48. The van der Waals surface area contributed by atoms with Gasteiger partial charge in [-0.1, -0.05) is 36.4 Å². The van der Waals surface area contributed by atoms with Crippen LogP contribution in [0.1, 0.15) is 23.6 Å². The lowest BCUT2D eigenvalue weighted by atomic mass is 9.94. The van der Waals surface area contributed by atoms with Crippen LogP contribution in [0.3, 0.4) is 0 Å². The molecule has 1 amide bonds. The molecule has 24 heavy (non-hydrogen) atoms. The van der Waals surface area contributed by atoms with Crippen molar-refractivity contribution in [2.75, 3.05) is 12.4 Å². The maximum absolute atomic E-state index is 13.0. The minimum absolute atomic E-state index is 0.0668. The summed E-state index contributed by atoms with van der Waals surface area (Å²) in [6, 6.07) is 12.4. The lowest BCUT2D eigenvalue weighted by Gasteiger charge is -2.27. The lowest BCUT2D eigenvalue weighted by Crippen LogP contribution is -2.39. The van der Waals surface area contributed by atoms with Crippen molar-refractivity contribution >= 4 is 11.6 Å². The molecule has 0 radical (unpaired) electrons. The van der Waals surface area contributed by atoms with Gasteiger partial charge in [-0.25, -0.2) is 0 Å². The van der Waals surface area contributed by atoms with Crippen molar-refractivity contribution in [1.82, 2.24) is 0 Å². The number of hydrogen-bond donors (Lipinski definition) is 1. The lowest BCUT2D eigenvalue weighted by molar-refractivity contribution is -0.138. The second kappa shape index (κ2) is 6.65. The first-order chi connectivity index (χ1) is 11.2. The van der Waals surface area contributed by atoms with Gasteiger partial charge in [-0.05, 0) is 37.1 Å². The van der Waals surface area contributed by atoms with Gasteiger partial charge in [0.15, 0.2) is 5.60 Å². The number of ether oxygens (including phenoxy) is 1. The van der Waals surface area contributed by atoms with Crippen LogP contribution in [0.15, 0.2) is 48.5 Å². The molecule has 2 aromatic rings. The average Bonchev–Trinajstić information content (AvgIpc) is 2.55. The number of alkyl halides is 3. The highest BCUT2D eigenvalue weighted by atomic mass is 19.4. The van der Waals surface area contributed by atoms with Crippen LogP contribution in [0.4, 0.5) is 18.9 Å². The Morgan fingerprint density at radius 1 is 1.08 bits per heavy atom. The van der Waals surface area contributed by atoms with E-state index in [2.05, 4.69) is 5.32 Å². The highest BCUT2D eigenvalue weighted by molar-refractivity contribution is 5.97. The number of benzene rings is 2. The summed E-state index contributed by atoms with van der Waals surface area (Å²) < 4.78 is 44.3. The van der Waals surface area contributed by atoms with E-state index in [9.17, 15) is 18.0 Å². The molecule has 0 spiro atoms. The first kappa shape index (κ1) is 18.0. The number of amides is 1. The first-order valence-electron chi connectivity index (χ1n) is 7.28. The Bertz CT molecular complexity index is 729. The van der Waals surface area contributed by atoms with Crippen molar-refractivity contribution in [2.24, 2.45) is 0 Å². The summed E-state index contributed by atoms with van der Waals surface area (Å²) in [7, 11) is 1.38. The molecule has 0 bridgehead atoms. The van der Waals surface area contributed by atoms with E-state index in [0.717, 1.165) is 6.07 Å². The summed E-state index contributed by atoms with van der Waals surface area (Å²) in [5.74, 6) is -0.548. The standard InChI is InChI=1S/C18H18F3NO2/c1-12-9-10-14(11-15(12)18(19,20)21)22-16(23)17(2,24-3)13-7-5-4-6-8-13/h4-11H,1-3H3,(H,22,23). The fraction of sp³-hybridized carbons (Fsp3) is 0.278. The number of rotatable bonds is 4. The summed E-state index contributed by atoms with van der Waals surface area (Å²) in [6.45, 7) is 2.94. The third-order valence-corrected chi connectivity index (χ3v) is 3.97. The van der Waals surface area contributed by atoms with Gasteiger partial charge in [0.05, 0.1) is 5.56 Å². The number of carbonyl (C=O) groups is 1. The fourth-order valence-corrected chi connectivity index (χ4v) is 2.35. The molecule has 6 heteroatoms. The smallest absolute Gasteiger partial charge is 0.364 e. The molecule has 0 aliphatic carbocycles. The number of anilines is 1. The van der Waals surface area contributed by atoms with Crippen LogP contribution >= 0.6 is 0 Å². The van der Waals surface area contributed by atoms with Gasteiger partial charge in [0.1, 0.15) is 0 Å². The monoisotopic (exact) mass is 337 g/mol. The maximum Gasteiger partial charge on any atom is 0.416 e. The molecule has 128 valence electrons. The van der Waals surface area contributed by atoms with Crippen molar-refractivity contribution in [3.63, 3.8) is 0 Å².